The molecule has 0 aliphatic carbocycles. The van der Waals surface area contributed by atoms with E-state index >= 15 is 0 Å². The fraction of sp³-hybridized carbons (Fsp3) is 0.357. The van der Waals surface area contributed by atoms with Gasteiger partial charge in [-0.05, 0) is 43.0 Å². The molecule has 2 rings (SSSR count). The third-order valence-corrected chi connectivity index (χ3v) is 2.91. The summed E-state index contributed by atoms with van der Waals surface area (Å²) >= 11 is 0. The molecule has 0 amide bonds. The molecule has 0 aliphatic rings. The lowest BCUT2D eigenvalue weighted by Gasteiger charge is -2.01. The van der Waals surface area contributed by atoms with Gasteiger partial charge in [-0.25, -0.2) is 4.79 Å². The lowest BCUT2D eigenvalue weighted by molar-refractivity contribution is 0.0697. The van der Waals surface area contributed by atoms with Crippen molar-refractivity contribution in [3.8, 4) is 0 Å². The van der Waals surface area contributed by atoms with Crippen LogP contribution in [0.25, 0.3) is 10.9 Å². The van der Waals surface area contributed by atoms with Gasteiger partial charge >= 0.3 is 5.97 Å². The Morgan fingerprint density at radius 3 is 2.76 bits per heavy atom. The van der Waals surface area contributed by atoms with Crippen molar-refractivity contribution in [2.24, 2.45) is 5.92 Å². The zero-order valence-corrected chi connectivity index (χ0v) is 10.2. The minimum atomic E-state index is -0.878. The summed E-state index contributed by atoms with van der Waals surface area (Å²) in [5.41, 5.74) is 2.52. The predicted octanol–water partition coefficient (Wildman–Crippen LogP) is 3.45. The van der Waals surface area contributed by atoms with Gasteiger partial charge in [0.25, 0.3) is 0 Å². The van der Waals surface area contributed by atoms with E-state index < -0.39 is 5.97 Å². The van der Waals surface area contributed by atoms with Gasteiger partial charge in [0.1, 0.15) is 0 Å². The molecule has 1 aromatic carbocycles. The van der Waals surface area contributed by atoms with Crippen molar-refractivity contribution in [3.63, 3.8) is 0 Å². The average Bonchev–Trinajstić information content (AvgIpc) is 2.67. The third-order valence-electron chi connectivity index (χ3n) is 2.91. The lowest BCUT2D eigenvalue weighted by Crippen LogP contribution is -1.94. The van der Waals surface area contributed by atoms with Gasteiger partial charge in [-0.3, -0.25) is 0 Å². The fourth-order valence-electron chi connectivity index (χ4n) is 1.90. The van der Waals surface area contributed by atoms with Gasteiger partial charge in [0.15, 0.2) is 0 Å². The molecule has 0 aliphatic heterocycles. The normalized spacial score (nSPS) is 11.2. The van der Waals surface area contributed by atoms with Crippen LogP contribution < -0.4 is 0 Å². The number of H-pyrrole nitrogens is 1. The number of rotatable bonds is 4. The highest BCUT2D eigenvalue weighted by Crippen LogP contribution is 2.19. The minimum Gasteiger partial charge on any atom is -0.478 e. The summed E-state index contributed by atoms with van der Waals surface area (Å²) < 4.78 is 0. The van der Waals surface area contributed by atoms with Crippen molar-refractivity contribution < 1.29 is 9.90 Å². The molecule has 0 unspecified atom stereocenters. The van der Waals surface area contributed by atoms with Gasteiger partial charge in [-0.1, -0.05) is 13.8 Å². The van der Waals surface area contributed by atoms with E-state index in [-0.39, 0.29) is 0 Å². The smallest absolute Gasteiger partial charge is 0.335 e. The largest absolute Gasteiger partial charge is 0.478 e. The first-order chi connectivity index (χ1) is 8.06. The SMILES string of the molecule is CC(C)CCc1cc2cc(C(=O)O)ccc2[nH]1. The van der Waals surface area contributed by atoms with E-state index in [0.717, 1.165) is 23.7 Å². The first-order valence-electron chi connectivity index (χ1n) is 5.91. The molecule has 3 heteroatoms. The molecule has 0 saturated heterocycles. The molecule has 2 N–H and O–H groups in total. The molecular weight excluding hydrogens is 214 g/mol. The van der Waals surface area contributed by atoms with Crippen molar-refractivity contribution in [3.05, 3.63) is 35.5 Å². The summed E-state index contributed by atoms with van der Waals surface area (Å²) in [6.07, 6.45) is 2.15. The van der Waals surface area contributed by atoms with Gasteiger partial charge in [-0.2, -0.15) is 0 Å². The second-order valence-electron chi connectivity index (χ2n) is 4.83. The van der Waals surface area contributed by atoms with E-state index in [1.54, 1.807) is 12.1 Å². The number of aromatic nitrogens is 1. The highest BCUT2D eigenvalue weighted by molar-refractivity contribution is 5.93. The van der Waals surface area contributed by atoms with Crippen molar-refractivity contribution in [1.29, 1.82) is 0 Å². The van der Waals surface area contributed by atoms with Crippen molar-refractivity contribution in [2.75, 3.05) is 0 Å². The number of benzene rings is 1. The highest BCUT2D eigenvalue weighted by atomic mass is 16.4. The Labute approximate surface area is 100 Å². The molecule has 90 valence electrons. The van der Waals surface area contributed by atoms with Gasteiger partial charge in [0, 0.05) is 16.6 Å². The summed E-state index contributed by atoms with van der Waals surface area (Å²) in [6.45, 7) is 4.40. The maximum Gasteiger partial charge on any atom is 0.335 e. The Morgan fingerprint density at radius 1 is 1.35 bits per heavy atom. The monoisotopic (exact) mass is 231 g/mol. The average molecular weight is 231 g/mol. The number of carboxylic acid groups (broad SMARTS) is 1. The van der Waals surface area contributed by atoms with Crippen LogP contribution in [0.15, 0.2) is 24.3 Å². The first kappa shape index (κ1) is 11.7. The van der Waals surface area contributed by atoms with Crippen LogP contribution in [0.1, 0.15) is 36.3 Å². The molecule has 2 aromatic rings. The third kappa shape index (κ3) is 2.67. The fourth-order valence-corrected chi connectivity index (χ4v) is 1.90. The van der Waals surface area contributed by atoms with Crippen molar-refractivity contribution in [1.82, 2.24) is 4.98 Å². The Bertz CT molecular complexity index is 540. The Balaban J connectivity index is 2.27. The molecule has 1 aromatic heterocycles. The Morgan fingerprint density at radius 2 is 2.12 bits per heavy atom. The van der Waals surface area contributed by atoms with Crippen LogP contribution in [0.2, 0.25) is 0 Å². The van der Waals surface area contributed by atoms with Gasteiger partial charge in [0.05, 0.1) is 5.56 Å². The van der Waals surface area contributed by atoms with Crippen molar-refractivity contribution in [2.45, 2.75) is 26.7 Å². The second-order valence-corrected chi connectivity index (χ2v) is 4.83. The molecule has 0 radical (unpaired) electrons. The van der Waals surface area contributed by atoms with E-state index in [9.17, 15) is 4.79 Å². The quantitative estimate of drug-likeness (QED) is 0.846. The molecule has 1 heterocycles. The van der Waals surface area contributed by atoms with Crippen LogP contribution in [-0.2, 0) is 6.42 Å². The van der Waals surface area contributed by atoms with E-state index in [2.05, 4.69) is 18.8 Å². The van der Waals surface area contributed by atoms with Crippen molar-refractivity contribution >= 4 is 16.9 Å². The van der Waals surface area contributed by atoms with Crippen LogP contribution in [0.3, 0.4) is 0 Å². The van der Waals surface area contributed by atoms with Gasteiger partial charge < -0.3 is 10.1 Å². The summed E-state index contributed by atoms with van der Waals surface area (Å²) in [6, 6.07) is 7.22. The van der Waals surface area contributed by atoms with Crippen LogP contribution in [-0.4, -0.2) is 16.1 Å². The summed E-state index contributed by atoms with van der Waals surface area (Å²) in [4.78, 5) is 14.2. The summed E-state index contributed by atoms with van der Waals surface area (Å²) in [5.74, 6) is -0.201. The molecule has 0 fully saturated rings. The molecule has 17 heavy (non-hydrogen) atoms. The summed E-state index contributed by atoms with van der Waals surface area (Å²) in [7, 11) is 0. The van der Waals surface area contributed by atoms with E-state index in [0.29, 0.717) is 11.5 Å². The molecule has 0 atom stereocenters. The van der Waals surface area contributed by atoms with E-state index in [1.807, 2.05) is 12.1 Å². The number of hydrogen-bond donors (Lipinski definition) is 2. The number of aromatic carboxylic acids is 1. The number of hydrogen-bond acceptors (Lipinski definition) is 1. The Kier molecular flexibility index (Phi) is 3.18. The van der Waals surface area contributed by atoms with E-state index in [1.165, 1.54) is 5.69 Å². The van der Waals surface area contributed by atoms with Gasteiger partial charge in [-0.15, -0.1) is 0 Å². The standard InChI is InChI=1S/C14H17NO2/c1-9(2)3-5-12-8-11-7-10(14(16)17)4-6-13(11)15-12/h4,6-9,15H,3,5H2,1-2H3,(H,16,17). The maximum atomic E-state index is 10.9. The zero-order valence-electron chi connectivity index (χ0n) is 10.2. The molecular formula is C14H17NO2. The van der Waals surface area contributed by atoms with E-state index in [4.69, 9.17) is 5.11 Å². The topological polar surface area (TPSA) is 53.1 Å². The number of carboxylic acids is 1. The zero-order chi connectivity index (χ0) is 12.4. The molecule has 0 spiro atoms. The lowest BCUT2D eigenvalue weighted by atomic mass is 10.1. The predicted molar refractivity (Wildman–Crippen MR) is 68.4 cm³/mol. The minimum absolute atomic E-state index is 0.340. The number of nitrogens with one attached hydrogen (secondary N) is 1. The summed E-state index contributed by atoms with van der Waals surface area (Å²) in [5, 5.41) is 9.89. The number of aromatic amines is 1. The number of fused-ring (bicyclic) bond motifs is 1. The highest BCUT2D eigenvalue weighted by Gasteiger charge is 2.06. The van der Waals surface area contributed by atoms with Crippen LogP contribution in [0, 0.1) is 5.92 Å². The second kappa shape index (κ2) is 4.62. The van der Waals surface area contributed by atoms with Crippen LogP contribution in [0.4, 0.5) is 0 Å². The number of carbonyl (C=O) groups is 1. The first-order valence-corrected chi connectivity index (χ1v) is 5.91. The molecule has 0 saturated carbocycles. The van der Waals surface area contributed by atoms with Crippen LogP contribution in [0.5, 0.6) is 0 Å². The Hall–Kier alpha value is -1.77. The molecule has 0 bridgehead atoms. The maximum absolute atomic E-state index is 10.9. The van der Waals surface area contributed by atoms with Gasteiger partial charge in [0.2, 0.25) is 0 Å². The van der Waals surface area contributed by atoms with Crippen LogP contribution >= 0.6 is 0 Å². The molecule has 3 nitrogen and oxygen atoms in total. The number of aryl methyl sites for hydroxylation is 1.